The maximum absolute atomic E-state index is 6.33. The molecule has 0 spiro atoms. The molecule has 1 aliphatic rings. The highest BCUT2D eigenvalue weighted by atomic mass is 16.7. The first-order chi connectivity index (χ1) is 19.8. The number of rotatable bonds is 5. The molecule has 0 bridgehead atoms. The summed E-state index contributed by atoms with van der Waals surface area (Å²) in [4.78, 5) is 2.32. The van der Waals surface area contributed by atoms with Gasteiger partial charge in [-0.25, -0.2) is 0 Å². The molecule has 5 heteroatoms. The van der Waals surface area contributed by atoms with E-state index in [1.807, 2.05) is 12.1 Å². The van der Waals surface area contributed by atoms with Crippen molar-refractivity contribution in [2.24, 2.45) is 0 Å². The third-order valence-corrected chi connectivity index (χ3v) is 8.52. The molecular weight excluding hydrogens is 505 g/mol. The number of hydrogen-bond acceptors (Lipinski definition) is 4. The Morgan fingerprint density at radius 2 is 1.17 bits per heavy atom. The van der Waals surface area contributed by atoms with Gasteiger partial charge in [0, 0.05) is 27.7 Å². The average molecular weight is 537 g/mol. The van der Waals surface area contributed by atoms with Crippen LogP contribution in [0, 0.1) is 0 Å². The molecule has 0 N–H and O–H groups in total. The van der Waals surface area contributed by atoms with Gasteiger partial charge in [0.15, 0.2) is 0 Å². The summed E-state index contributed by atoms with van der Waals surface area (Å²) in [6.07, 6.45) is 0. The summed E-state index contributed by atoms with van der Waals surface area (Å²) in [5.41, 5.74) is 7.49. The van der Waals surface area contributed by atoms with Gasteiger partial charge in [-0.15, -0.1) is 0 Å². The van der Waals surface area contributed by atoms with E-state index in [9.17, 15) is 0 Å². The Balaban J connectivity index is 1.37. The van der Waals surface area contributed by atoms with Crippen molar-refractivity contribution in [3.8, 4) is 11.1 Å². The molecule has 0 unspecified atom stereocenters. The Morgan fingerprint density at radius 1 is 0.561 bits per heavy atom. The van der Waals surface area contributed by atoms with E-state index in [4.69, 9.17) is 13.7 Å². The number of para-hydroxylation sites is 2. The summed E-state index contributed by atoms with van der Waals surface area (Å²) in [6, 6.07) is 42.3. The summed E-state index contributed by atoms with van der Waals surface area (Å²) >= 11 is 0. The lowest BCUT2D eigenvalue weighted by molar-refractivity contribution is 0.00578. The van der Waals surface area contributed by atoms with Crippen molar-refractivity contribution in [2.75, 3.05) is 4.90 Å². The van der Waals surface area contributed by atoms with Crippen molar-refractivity contribution in [1.82, 2.24) is 0 Å². The Kier molecular flexibility index (Phi) is 6.04. The molecule has 0 amide bonds. The van der Waals surface area contributed by atoms with Gasteiger partial charge < -0.3 is 18.6 Å². The second-order valence-electron chi connectivity index (χ2n) is 11.7. The zero-order chi connectivity index (χ0) is 28.2. The van der Waals surface area contributed by atoms with Gasteiger partial charge in [-0.1, -0.05) is 78.9 Å². The fraction of sp³-hybridized carbons (Fsp3) is 0.167. The number of fused-ring (bicyclic) bond motifs is 3. The van der Waals surface area contributed by atoms with Crippen molar-refractivity contribution in [3.63, 3.8) is 0 Å². The quantitative estimate of drug-likeness (QED) is 0.206. The predicted molar refractivity (Wildman–Crippen MR) is 170 cm³/mol. The van der Waals surface area contributed by atoms with Gasteiger partial charge in [0.05, 0.1) is 16.9 Å². The summed E-state index contributed by atoms with van der Waals surface area (Å²) in [7, 11) is -0.409. The molecule has 4 nitrogen and oxygen atoms in total. The summed E-state index contributed by atoms with van der Waals surface area (Å²) in [5, 5.41) is 2.20. The number of nitrogens with zero attached hydrogens (tertiary/aromatic N) is 1. The van der Waals surface area contributed by atoms with E-state index in [0.717, 1.165) is 55.6 Å². The van der Waals surface area contributed by atoms with Crippen LogP contribution in [-0.2, 0) is 9.31 Å². The predicted octanol–water partition coefficient (Wildman–Crippen LogP) is 9.02. The molecule has 2 heterocycles. The fourth-order valence-corrected chi connectivity index (χ4v) is 5.57. The first-order valence-electron chi connectivity index (χ1n) is 14.1. The van der Waals surface area contributed by atoms with E-state index >= 15 is 0 Å². The van der Waals surface area contributed by atoms with Crippen LogP contribution in [0.2, 0.25) is 0 Å². The highest BCUT2D eigenvalue weighted by Crippen LogP contribution is 2.43. The maximum atomic E-state index is 6.33. The number of benzene rings is 5. The lowest BCUT2D eigenvalue weighted by Crippen LogP contribution is -2.41. The average Bonchev–Trinajstić information content (AvgIpc) is 3.46. The second-order valence-corrected chi connectivity index (χ2v) is 11.7. The van der Waals surface area contributed by atoms with Gasteiger partial charge in [-0.05, 0) is 81.2 Å². The molecule has 1 aromatic heterocycles. The summed E-state index contributed by atoms with van der Waals surface area (Å²) < 4.78 is 18.8. The Hall–Kier alpha value is -4.32. The van der Waals surface area contributed by atoms with Crippen molar-refractivity contribution in [2.45, 2.75) is 38.9 Å². The lowest BCUT2D eigenvalue weighted by atomic mass is 9.79. The third kappa shape index (κ3) is 4.42. The first kappa shape index (κ1) is 25.6. The van der Waals surface area contributed by atoms with Crippen LogP contribution in [0.25, 0.3) is 33.1 Å². The molecule has 202 valence electrons. The molecule has 6 aromatic rings. The van der Waals surface area contributed by atoms with Crippen LogP contribution in [0.5, 0.6) is 0 Å². The van der Waals surface area contributed by atoms with Crippen LogP contribution in [0.3, 0.4) is 0 Å². The van der Waals surface area contributed by atoms with Crippen molar-refractivity contribution < 1.29 is 13.7 Å². The zero-order valence-electron chi connectivity index (χ0n) is 23.8. The highest BCUT2D eigenvalue weighted by Gasteiger charge is 2.51. The minimum absolute atomic E-state index is 0.389. The van der Waals surface area contributed by atoms with E-state index in [1.54, 1.807) is 0 Å². The molecule has 1 saturated heterocycles. The maximum Gasteiger partial charge on any atom is 0.494 e. The van der Waals surface area contributed by atoms with Crippen molar-refractivity contribution in [3.05, 3.63) is 121 Å². The van der Waals surface area contributed by atoms with Crippen LogP contribution >= 0.6 is 0 Å². The largest absolute Gasteiger partial charge is 0.494 e. The van der Waals surface area contributed by atoms with E-state index in [0.29, 0.717) is 0 Å². The Bertz CT molecular complexity index is 1840. The minimum Gasteiger partial charge on any atom is -0.456 e. The standard InChI is InChI=1S/C36H32BNO3/c1-35(2)36(3,4)41-37(40-35)26-18-20-27(21-19-26)38(32-16-10-8-14-29(32)25-12-6-5-7-13-25)28-22-23-34-31(24-28)30-15-9-11-17-33(30)39-34/h5-24H,1-4H3. The van der Waals surface area contributed by atoms with Crippen LogP contribution < -0.4 is 10.4 Å². The van der Waals surface area contributed by atoms with Gasteiger partial charge in [-0.2, -0.15) is 0 Å². The molecule has 0 aliphatic carbocycles. The van der Waals surface area contributed by atoms with E-state index < -0.39 is 7.12 Å². The minimum atomic E-state index is -0.409. The van der Waals surface area contributed by atoms with Crippen molar-refractivity contribution >= 4 is 51.6 Å². The Labute approximate surface area is 241 Å². The molecule has 0 saturated carbocycles. The second kappa shape index (κ2) is 9.65. The molecule has 1 aliphatic heterocycles. The molecule has 41 heavy (non-hydrogen) atoms. The van der Waals surface area contributed by atoms with Crippen molar-refractivity contribution in [1.29, 1.82) is 0 Å². The van der Waals surface area contributed by atoms with Crippen LogP contribution in [-0.4, -0.2) is 18.3 Å². The summed E-state index contributed by atoms with van der Waals surface area (Å²) in [6.45, 7) is 8.33. The van der Waals surface area contributed by atoms with Gasteiger partial charge in [0.2, 0.25) is 0 Å². The molecule has 5 aromatic carbocycles. The van der Waals surface area contributed by atoms with Gasteiger partial charge in [-0.3, -0.25) is 0 Å². The summed E-state index contributed by atoms with van der Waals surface area (Å²) in [5.74, 6) is 0. The third-order valence-electron chi connectivity index (χ3n) is 8.52. The normalized spacial score (nSPS) is 16.0. The molecule has 1 fully saturated rings. The fourth-order valence-electron chi connectivity index (χ4n) is 5.57. The Morgan fingerprint density at radius 3 is 1.93 bits per heavy atom. The number of furan rings is 1. The van der Waals surface area contributed by atoms with Gasteiger partial charge in [0.1, 0.15) is 11.2 Å². The van der Waals surface area contributed by atoms with E-state index in [2.05, 4.69) is 142 Å². The van der Waals surface area contributed by atoms with Crippen LogP contribution in [0.4, 0.5) is 17.1 Å². The monoisotopic (exact) mass is 537 g/mol. The van der Waals surface area contributed by atoms with Gasteiger partial charge >= 0.3 is 7.12 Å². The lowest BCUT2D eigenvalue weighted by Gasteiger charge is -2.32. The molecule has 0 radical (unpaired) electrons. The van der Waals surface area contributed by atoms with Gasteiger partial charge in [0.25, 0.3) is 0 Å². The zero-order valence-corrected chi connectivity index (χ0v) is 23.8. The van der Waals surface area contributed by atoms with Crippen LogP contribution in [0.15, 0.2) is 126 Å². The highest BCUT2D eigenvalue weighted by molar-refractivity contribution is 6.62. The van der Waals surface area contributed by atoms with E-state index in [-0.39, 0.29) is 11.2 Å². The van der Waals surface area contributed by atoms with E-state index in [1.165, 1.54) is 0 Å². The van der Waals surface area contributed by atoms with Crippen LogP contribution in [0.1, 0.15) is 27.7 Å². The topological polar surface area (TPSA) is 34.8 Å². The molecule has 0 atom stereocenters. The SMILES string of the molecule is CC1(C)OB(c2ccc(N(c3ccc4oc5ccccc5c4c3)c3ccccc3-c3ccccc3)cc2)OC1(C)C. The first-order valence-corrected chi connectivity index (χ1v) is 14.1. The smallest absolute Gasteiger partial charge is 0.456 e. The molecule has 7 rings (SSSR count). The number of anilines is 3. The molecular formula is C36H32BNO3. The number of hydrogen-bond donors (Lipinski definition) is 0.